The monoisotopic (exact) mass is 305 g/mol. The van der Waals surface area contributed by atoms with Gasteiger partial charge in [-0.15, -0.1) is 0 Å². The molecule has 0 aromatic heterocycles. The van der Waals surface area contributed by atoms with Crippen molar-refractivity contribution in [3.63, 3.8) is 0 Å². The first kappa shape index (κ1) is 17.0. The van der Waals surface area contributed by atoms with Crippen molar-refractivity contribution in [3.05, 3.63) is 29.3 Å². The highest BCUT2D eigenvalue weighted by molar-refractivity contribution is 5.91. The number of nitrogens with two attached hydrogens (primary N) is 1. The van der Waals surface area contributed by atoms with Gasteiger partial charge in [-0.25, -0.2) is 0 Å². The Morgan fingerprint density at radius 1 is 1.32 bits per heavy atom. The summed E-state index contributed by atoms with van der Waals surface area (Å²) in [5.41, 5.74) is 3.21. The summed E-state index contributed by atoms with van der Waals surface area (Å²) in [5, 5.41) is 14.9. The normalized spacial score (nSPS) is 23.1. The molecule has 0 unspecified atom stereocenters. The van der Waals surface area contributed by atoms with E-state index in [2.05, 4.69) is 30.5 Å². The van der Waals surface area contributed by atoms with Crippen molar-refractivity contribution in [2.24, 2.45) is 0 Å². The number of carbonyl (C=O) groups is 1. The number of aliphatic hydroxyl groups excluding tert-OH is 1. The molecule has 0 saturated heterocycles. The zero-order valence-corrected chi connectivity index (χ0v) is 13.9. The molecule has 1 fully saturated rings. The highest BCUT2D eigenvalue weighted by Crippen LogP contribution is 2.17. The van der Waals surface area contributed by atoms with E-state index in [1.54, 1.807) is 0 Å². The molecule has 0 spiro atoms. The number of carbonyl (C=O) groups excluding carboxylic acids is 1. The predicted octanol–water partition coefficient (Wildman–Crippen LogP) is 1.89. The molecule has 0 bridgehead atoms. The Balaban J connectivity index is 1.78. The molecule has 0 radical (unpaired) electrons. The maximum atomic E-state index is 12.2. The minimum absolute atomic E-state index is 0.0755. The number of amides is 1. The van der Waals surface area contributed by atoms with Gasteiger partial charge in [-0.05, 0) is 45.2 Å². The molecule has 1 aromatic carbocycles. The van der Waals surface area contributed by atoms with E-state index in [0.29, 0.717) is 12.5 Å². The van der Waals surface area contributed by atoms with Crippen LogP contribution in [-0.2, 0) is 4.79 Å². The average Bonchev–Trinajstić information content (AvgIpc) is 2.44. The first-order valence-corrected chi connectivity index (χ1v) is 8.34. The summed E-state index contributed by atoms with van der Waals surface area (Å²) in [7, 11) is 0. The van der Waals surface area contributed by atoms with Crippen LogP contribution in [0.3, 0.4) is 0 Å². The topological polar surface area (TPSA) is 65.9 Å². The minimum Gasteiger partial charge on any atom is -0.393 e. The predicted molar refractivity (Wildman–Crippen MR) is 88.8 cm³/mol. The number of hydrogen-bond donors (Lipinski definition) is 3. The molecular weight excluding hydrogens is 276 g/mol. The molecule has 1 saturated carbocycles. The van der Waals surface area contributed by atoms with Crippen LogP contribution in [0.5, 0.6) is 0 Å². The molecule has 22 heavy (non-hydrogen) atoms. The van der Waals surface area contributed by atoms with Crippen LogP contribution in [0.2, 0.25) is 0 Å². The molecule has 4 nitrogen and oxygen atoms in total. The summed E-state index contributed by atoms with van der Waals surface area (Å²) in [4.78, 5) is 12.2. The second-order valence-corrected chi connectivity index (χ2v) is 6.81. The zero-order valence-electron chi connectivity index (χ0n) is 13.9. The Bertz CT molecular complexity index is 508. The molecule has 4 heteroatoms. The summed E-state index contributed by atoms with van der Waals surface area (Å²) in [6.45, 7) is 6.18. The third-order valence-electron chi connectivity index (χ3n) is 4.51. The molecule has 122 valence electrons. The second-order valence-electron chi connectivity index (χ2n) is 6.81. The number of aliphatic hydroxyl groups is 1. The van der Waals surface area contributed by atoms with Crippen LogP contribution < -0.4 is 10.6 Å². The molecular formula is C18H29N2O2+. The quantitative estimate of drug-likeness (QED) is 0.778. The van der Waals surface area contributed by atoms with E-state index in [1.165, 1.54) is 5.56 Å². The highest BCUT2D eigenvalue weighted by atomic mass is 16.3. The number of anilines is 1. The van der Waals surface area contributed by atoms with Crippen molar-refractivity contribution in [1.82, 2.24) is 0 Å². The fraction of sp³-hybridized carbons (Fsp3) is 0.611. The first-order chi connectivity index (χ1) is 10.4. The van der Waals surface area contributed by atoms with E-state index in [4.69, 9.17) is 0 Å². The van der Waals surface area contributed by atoms with Gasteiger partial charge in [0.15, 0.2) is 0 Å². The maximum absolute atomic E-state index is 12.2. The number of quaternary nitrogens is 1. The smallest absolute Gasteiger partial charge is 0.230 e. The van der Waals surface area contributed by atoms with Gasteiger partial charge in [-0.3, -0.25) is 4.79 Å². The number of benzene rings is 1. The molecule has 1 atom stereocenters. The molecule has 1 amide bonds. The van der Waals surface area contributed by atoms with Crippen LogP contribution in [0.15, 0.2) is 18.2 Å². The Kier molecular flexibility index (Phi) is 5.98. The number of aryl methyl sites for hydroxylation is 2. The van der Waals surface area contributed by atoms with Crippen LogP contribution in [0.4, 0.5) is 5.69 Å². The van der Waals surface area contributed by atoms with Crippen molar-refractivity contribution in [3.8, 4) is 0 Å². The third kappa shape index (κ3) is 5.11. The Morgan fingerprint density at radius 2 is 2.00 bits per heavy atom. The van der Waals surface area contributed by atoms with Gasteiger partial charge in [0.05, 0.1) is 24.6 Å². The van der Waals surface area contributed by atoms with Crippen molar-refractivity contribution in [1.29, 1.82) is 0 Å². The number of hydrogen-bond acceptors (Lipinski definition) is 2. The van der Waals surface area contributed by atoms with Crippen LogP contribution in [0, 0.1) is 13.8 Å². The van der Waals surface area contributed by atoms with E-state index in [0.717, 1.165) is 36.9 Å². The summed E-state index contributed by atoms with van der Waals surface area (Å²) in [6, 6.07) is 6.89. The van der Waals surface area contributed by atoms with Crippen LogP contribution in [0.25, 0.3) is 0 Å². The van der Waals surface area contributed by atoms with Crippen molar-refractivity contribution in [2.75, 3.05) is 5.32 Å². The molecule has 4 N–H and O–H groups in total. The van der Waals surface area contributed by atoms with Gasteiger partial charge < -0.3 is 15.7 Å². The molecule has 1 aliphatic rings. The van der Waals surface area contributed by atoms with Gasteiger partial charge in [0, 0.05) is 18.5 Å². The van der Waals surface area contributed by atoms with Gasteiger partial charge in [0.1, 0.15) is 0 Å². The summed E-state index contributed by atoms with van der Waals surface area (Å²) < 4.78 is 0. The van der Waals surface area contributed by atoms with Crippen molar-refractivity contribution in [2.45, 2.75) is 71.1 Å². The fourth-order valence-corrected chi connectivity index (χ4v) is 3.27. The fourth-order valence-electron chi connectivity index (χ4n) is 3.27. The largest absolute Gasteiger partial charge is 0.393 e. The van der Waals surface area contributed by atoms with Crippen LogP contribution in [-0.4, -0.2) is 29.2 Å². The lowest BCUT2D eigenvalue weighted by Crippen LogP contribution is -2.95. The van der Waals surface area contributed by atoms with Gasteiger partial charge in [0.2, 0.25) is 5.91 Å². The lowest BCUT2D eigenvalue weighted by molar-refractivity contribution is -0.720. The Hall–Kier alpha value is -1.39. The van der Waals surface area contributed by atoms with E-state index >= 15 is 0 Å². The van der Waals surface area contributed by atoms with Gasteiger partial charge >= 0.3 is 0 Å². The molecule has 0 aliphatic heterocycles. The van der Waals surface area contributed by atoms with Gasteiger partial charge in [-0.2, -0.15) is 0 Å². The van der Waals surface area contributed by atoms with Crippen molar-refractivity contribution >= 4 is 11.6 Å². The highest BCUT2D eigenvalue weighted by Gasteiger charge is 2.24. The summed E-state index contributed by atoms with van der Waals surface area (Å²) in [5.74, 6) is 0.0755. The molecule has 0 heterocycles. The van der Waals surface area contributed by atoms with E-state index in [1.807, 2.05) is 19.1 Å². The average molecular weight is 305 g/mol. The number of nitrogens with one attached hydrogen (secondary N) is 1. The third-order valence-corrected chi connectivity index (χ3v) is 4.51. The zero-order chi connectivity index (χ0) is 16.1. The van der Waals surface area contributed by atoms with E-state index < -0.39 is 0 Å². The SMILES string of the molecule is Cc1ccc(NC(=O)C[C@H](C)[NH2+]C2CCC(O)CC2)c(C)c1. The lowest BCUT2D eigenvalue weighted by atomic mass is 9.92. The molecule has 1 aliphatic carbocycles. The maximum Gasteiger partial charge on any atom is 0.230 e. The van der Waals surface area contributed by atoms with Gasteiger partial charge in [0.25, 0.3) is 0 Å². The molecule has 1 aromatic rings. The number of rotatable bonds is 5. The van der Waals surface area contributed by atoms with E-state index in [-0.39, 0.29) is 18.1 Å². The standard InChI is InChI=1S/C18H28N2O2/c1-12-4-9-17(13(2)10-12)20-18(22)11-14(3)19-15-5-7-16(21)8-6-15/h4,9-10,14-16,19,21H,5-8,11H2,1-3H3,(H,20,22)/p+1/t14-,15?,16?/m0/s1. The lowest BCUT2D eigenvalue weighted by Gasteiger charge is -2.26. The summed E-state index contributed by atoms with van der Waals surface area (Å²) in [6.07, 6.45) is 4.28. The minimum atomic E-state index is -0.118. The molecule has 2 rings (SSSR count). The second kappa shape index (κ2) is 7.75. The van der Waals surface area contributed by atoms with Crippen molar-refractivity contribution < 1.29 is 15.2 Å². The Labute approximate surface area is 133 Å². The van der Waals surface area contributed by atoms with Crippen LogP contribution >= 0.6 is 0 Å². The van der Waals surface area contributed by atoms with Gasteiger partial charge in [-0.1, -0.05) is 17.7 Å². The Morgan fingerprint density at radius 3 is 2.64 bits per heavy atom. The first-order valence-electron chi connectivity index (χ1n) is 8.34. The van der Waals surface area contributed by atoms with Crippen LogP contribution in [0.1, 0.15) is 50.2 Å². The van der Waals surface area contributed by atoms with E-state index in [9.17, 15) is 9.90 Å². The summed E-state index contributed by atoms with van der Waals surface area (Å²) >= 11 is 0.